The first-order valence-corrected chi connectivity index (χ1v) is 11.4. The van der Waals surface area contributed by atoms with Gasteiger partial charge in [0.1, 0.15) is 6.54 Å². The Balaban J connectivity index is 2.22. The molecule has 2 atom stereocenters. The minimum absolute atomic E-state index is 0.0463. The van der Waals surface area contributed by atoms with E-state index in [-0.39, 0.29) is 12.1 Å². The Morgan fingerprint density at radius 1 is 1.07 bits per heavy atom. The fraction of sp³-hybridized carbons (Fsp3) is 0.826. The van der Waals surface area contributed by atoms with Crippen molar-refractivity contribution in [3.63, 3.8) is 0 Å². The molecule has 0 radical (unpaired) electrons. The lowest BCUT2D eigenvalue weighted by molar-refractivity contribution is -0.861. The highest BCUT2D eigenvalue weighted by atomic mass is 16.1. The monoisotopic (exact) mass is 378 g/mol. The average molecular weight is 379 g/mol. The van der Waals surface area contributed by atoms with Crippen molar-refractivity contribution in [3.05, 3.63) is 12.2 Å². The summed E-state index contributed by atoms with van der Waals surface area (Å²) < 4.78 is 0.825. The number of likely N-dealkylation sites (N-methyl/N-ethyl adjacent to an activating group) is 1. The van der Waals surface area contributed by atoms with Crippen LogP contribution < -0.4 is 5.32 Å². The highest BCUT2D eigenvalue weighted by molar-refractivity contribution is 5.78. The molecule has 1 N–H and O–H groups in total. The Kier molecular flexibility index (Phi) is 12.3. The molecular weight excluding hydrogens is 334 g/mol. The molecule has 1 rings (SSSR count). The Morgan fingerprint density at radius 3 is 2.33 bits per heavy atom. The van der Waals surface area contributed by atoms with Crippen molar-refractivity contribution in [1.82, 2.24) is 5.32 Å². The minimum Gasteiger partial charge on any atom is -0.307 e. The molecule has 1 heterocycles. The summed E-state index contributed by atoms with van der Waals surface area (Å²) in [6, 6.07) is 0. The van der Waals surface area contributed by atoms with Gasteiger partial charge < -0.3 is 5.32 Å². The minimum atomic E-state index is 0.0463. The Morgan fingerprint density at radius 2 is 1.70 bits per heavy atom. The van der Waals surface area contributed by atoms with Crippen molar-refractivity contribution in [2.75, 3.05) is 19.6 Å². The molecule has 27 heavy (non-hydrogen) atoms. The number of rotatable bonds is 15. The number of aliphatic imine (C=N–C) groups is 1. The van der Waals surface area contributed by atoms with Crippen LogP contribution >= 0.6 is 0 Å². The van der Waals surface area contributed by atoms with Gasteiger partial charge in [-0.05, 0) is 26.2 Å². The van der Waals surface area contributed by atoms with Crippen LogP contribution in [0.15, 0.2) is 17.1 Å². The van der Waals surface area contributed by atoms with Crippen LogP contribution in [0.25, 0.3) is 0 Å². The van der Waals surface area contributed by atoms with E-state index in [0.717, 1.165) is 37.0 Å². The predicted octanol–water partition coefficient (Wildman–Crippen LogP) is 5.58. The van der Waals surface area contributed by atoms with Crippen LogP contribution in [0.5, 0.6) is 0 Å². The first-order valence-electron chi connectivity index (χ1n) is 11.4. The molecule has 1 aliphatic rings. The fourth-order valence-electron chi connectivity index (χ4n) is 4.22. The smallest absolute Gasteiger partial charge is 0.221 e. The van der Waals surface area contributed by atoms with E-state index in [0.29, 0.717) is 0 Å². The highest BCUT2D eigenvalue weighted by Crippen LogP contribution is 2.22. The SMILES string of the molecule is CCCCCCCCCC/C=C/CCC1=NCC[N+]1(CC)C(C)NC(C)=O. The standard InChI is InChI=1S/C23H43N3O/c1-5-7-8-9-10-11-12-13-14-15-16-17-18-23-24-19-20-26(23,6-2)21(3)25-22(4)27/h15-16,21H,5-14,17-20H2,1-4H3/p+1/b16-15+. The maximum Gasteiger partial charge on any atom is 0.221 e. The van der Waals surface area contributed by atoms with Crippen LogP contribution in [0.3, 0.4) is 0 Å². The van der Waals surface area contributed by atoms with Gasteiger partial charge >= 0.3 is 0 Å². The largest absolute Gasteiger partial charge is 0.307 e. The second-order valence-corrected chi connectivity index (χ2v) is 8.02. The number of nitrogens with zero attached hydrogens (tertiary/aromatic N) is 2. The van der Waals surface area contributed by atoms with Crippen LogP contribution in [-0.4, -0.2) is 42.0 Å². The van der Waals surface area contributed by atoms with E-state index in [1.807, 2.05) is 0 Å². The Hall–Kier alpha value is -1.16. The molecule has 1 amide bonds. The number of unbranched alkanes of at least 4 members (excludes halogenated alkanes) is 8. The summed E-state index contributed by atoms with van der Waals surface area (Å²) in [5.74, 6) is 1.31. The van der Waals surface area contributed by atoms with E-state index >= 15 is 0 Å². The van der Waals surface area contributed by atoms with Crippen LogP contribution in [0.1, 0.15) is 98.3 Å². The highest BCUT2D eigenvalue weighted by Gasteiger charge is 2.41. The van der Waals surface area contributed by atoms with Crippen LogP contribution in [0.4, 0.5) is 0 Å². The van der Waals surface area contributed by atoms with E-state index in [9.17, 15) is 4.79 Å². The molecule has 0 aromatic rings. The molecule has 0 spiro atoms. The van der Waals surface area contributed by atoms with Gasteiger partial charge in [0.25, 0.3) is 0 Å². The molecule has 0 bridgehead atoms. The van der Waals surface area contributed by atoms with E-state index in [1.54, 1.807) is 6.92 Å². The van der Waals surface area contributed by atoms with Gasteiger partial charge in [-0.15, -0.1) is 0 Å². The summed E-state index contributed by atoms with van der Waals surface area (Å²) in [4.78, 5) is 16.3. The van der Waals surface area contributed by atoms with E-state index < -0.39 is 0 Å². The van der Waals surface area contributed by atoms with Crippen molar-refractivity contribution in [3.8, 4) is 0 Å². The zero-order valence-electron chi connectivity index (χ0n) is 18.4. The van der Waals surface area contributed by atoms with E-state index in [2.05, 4.69) is 38.2 Å². The van der Waals surface area contributed by atoms with Gasteiger partial charge in [-0.3, -0.25) is 9.28 Å². The number of amidine groups is 1. The van der Waals surface area contributed by atoms with Gasteiger partial charge in [-0.25, -0.2) is 4.99 Å². The third-order valence-corrected chi connectivity index (χ3v) is 5.95. The number of hydrogen-bond acceptors (Lipinski definition) is 2. The number of carbonyl (C=O) groups excluding carboxylic acids is 1. The van der Waals surface area contributed by atoms with Gasteiger partial charge in [-0.1, -0.05) is 64.0 Å². The molecule has 0 aliphatic carbocycles. The van der Waals surface area contributed by atoms with E-state index in [1.165, 1.54) is 63.6 Å². The number of allylic oxidation sites excluding steroid dienone is 2. The van der Waals surface area contributed by atoms with Crippen molar-refractivity contribution < 1.29 is 9.28 Å². The summed E-state index contributed by atoms with van der Waals surface area (Å²) in [5, 5.41) is 3.09. The normalized spacial score (nSPS) is 20.8. The van der Waals surface area contributed by atoms with Gasteiger partial charge in [0, 0.05) is 20.3 Å². The maximum absolute atomic E-state index is 11.5. The third kappa shape index (κ3) is 8.59. The Bertz CT molecular complexity index is 472. The third-order valence-electron chi connectivity index (χ3n) is 5.95. The molecule has 0 saturated carbocycles. The molecule has 0 aromatic heterocycles. The fourth-order valence-corrected chi connectivity index (χ4v) is 4.22. The summed E-state index contributed by atoms with van der Waals surface area (Å²) >= 11 is 0. The van der Waals surface area contributed by atoms with Crippen molar-refractivity contribution in [2.24, 2.45) is 4.99 Å². The molecule has 4 heteroatoms. The van der Waals surface area contributed by atoms with Gasteiger partial charge in [0.2, 0.25) is 5.91 Å². The second-order valence-electron chi connectivity index (χ2n) is 8.02. The van der Waals surface area contributed by atoms with Crippen molar-refractivity contribution >= 4 is 11.7 Å². The molecule has 0 saturated heterocycles. The molecule has 2 unspecified atom stereocenters. The first-order chi connectivity index (χ1) is 13.1. The molecule has 4 nitrogen and oxygen atoms in total. The van der Waals surface area contributed by atoms with Gasteiger partial charge in [0.15, 0.2) is 12.0 Å². The molecule has 0 aromatic carbocycles. The van der Waals surface area contributed by atoms with Crippen molar-refractivity contribution in [2.45, 2.75) is 104 Å². The Labute approximate surface area is 168 Å². The second kappa shape index (κ2) is 13.9. The lowest BCUT2D eigenvalue weighted by Gasteiger charge is -2.39. The number of hydrogen-bond donors (Lipinski definition) is 1. The quantitative estimate of drug-likeness (QED) is 0.225. The number of amides is 1. The number of nitrogens with one attached hydrogen (secondary N) is 1. The number of quaternary nitrogens is 1. The molecule has 156 valence electrons. The zero-order valence-corrected chi connectivity index (χ0v) is 18.4. The lowest BCUT2D eigenvalue weighted by atomic mass is 10.1. The summed E-state index contributed by atoms with van der Waals surface area (Å²) in [5.41, 5.74) is 0. The predicted molar refractivity (Wildman–Crippen MR) is 117 cm³/mol. The summed E-state index contributed by atoms with van der Waals surface area (Å²) in [7, 11) is 0. The maximum atomic E-state index is 11.5. The number of carbonyl (C=O) groups is 1. The first kappa shape index (κ1) is 23.9. The van der Waals surface area contributed by atoms with Gasteiger partial charge in [0.05, 0.1) is 13.1 Å². The zero-order chi connectivity index (χ0) is 20.0. The lowest BCUT2D eigenvalue weighted by Crippen LogP contribution is -2.62. The van der Waals surface area contributed by atoms with E-state index in [4.69, 9.17) is 4.99 Å². The van der Waals surface area contributed by atoms with Crippen LogP contribution in [-0.2, 0) is 4.79 Å². The van der Waals surface area contributed by atoms with Gasteiger partial charge in [-0.2, -0.15) is 0 Å². The van der Waals surface area contributed by atoms with Crippen molar-refractivity contribution in [1.29, 1.82) is 0 Å². The summed E-state index contributed by atoms with van der Waals surface area (Å²) in [6.45, 7) is 11.1. The molecule has 1 aliphatic heterocycles. The topological polar surface area (TPSA) is 41.5 Å². The summed E-state index contributed by atoms with van der Waals surface area (Å²) in [6.07, 6.45) is 19.1. The van der Waals surface area contributed by atoms with Crippen LogP contribution in [0.2, 0.25) is 0 Å². The average Bonchev–Trinajstić information content (AvgIpc) is 3.06. The molecule has 0 fully saturated rings. The van der Waals surface area contributed by atoms with Crippen LogP contribution in [0, 0.1) is 0 Å². The molecular formula is C23H44N3O+.